The minimum Gasteiger partial charge on any atom is -0.248 e. The van der Waals surface area contributed by atoms with E-state index in [1.165, 1.54) is 10.8 Å². The van der Waals surface area contributed by atoms with Gasteiger partial charge in [0.25, 0.3) is 0 Å². The van der Waals surface area contributed by atoms with Crippen LogP contribution in [0.15, 0.2) is 42.5 Å². The number of thiocarbonyl (C=S) groups is 1. The molecule has 0 aliphatic rings. The molecule has 70 valence electrons. The van der Waals surface area contributed by atoms with Gasteiger partial charge in [-0.3, -0.25) is 0 Å². The fourth-order valence-corrected chi connectivity index (χ4v) is 1.34. The van der Waals surface area contributed by atoms with E-state index in [0.717, 1.165) is 5.02 Å². The molecule has 0 amide bonds. The molecule has 0 aliphatic carbocycles. The van der Waals surface area contributed by atoms with Crippen LogP contribution in [0.2, 0.25) is 5.02 Å². The van der Waals surface area contributed by atoms with Gasteiger partial charge in [-0.15, -0.1) is 0 Å². The van der Waals surface area contributed by atoms with E-state index >= 15 is 0 Å². The molecule has 0 aliphatic heterocycles. The molecule has 1 nitrogen and oxygen atoms in total. The quantitative estimate of drug-likeness (QED) is 0.524. The molecule has 0 unspecified atom stereocenters. The lowest BCUT2D eigenvalue weighted by Gasteiger charge is -1.95. The second-order valence-electron chi connectivity index (χ2n) is 2.59. The molecule has 0 heterocycles. The Morgan fingerprint density at radius 3 is 2.29 bits per heavy atom. The van der Waals surface area contributed by atoms with E-state index in [9.17, 15) is 0 Å². The first-order valence-corrected chi connectivity index (χ1v) is 4.74. The number of hydrogen-bond acceptors (Lipinski definition) is 2. The Morgan fingerprint density at radius 2 is 1.64 bits per heavy atom. The second kappa shape index (κ2) is 5.51. The van der Waals surface area contributed by atoms with Crippen LogP contribution in [-0.2, 0) is 0 Å². The summed E-state index contributed by atoms with van der Waals surface area (Å²) in [7, 11) is 0. The first-order valence-electron chi connectivity index (χ1n) is 3.96. The van der Waals surface area contributed by atoms with Gasteiger partial charge >= 0.3 is 0 Å². The highest BCUT2D eigenvalue weighted by Crippen LogP contribution is 2.18. The molecule has 14 heavy (non-hydrogen) atoms. The van der Waals surface area contributed by atoms with Crippen molar-refractivity contribution in [3.8, 4) is 0 Å². The summed E-state index contributed by atoms with van der Waals surface area (Å²) in [5, 5.41) is 10.6. The van der Waals surface area contributed by atoms with Crippen LogP contribution in [-0.4, -0.2) is 5.16 Å². The average Bonchev–Trinajstić information content (AvgIpc) is 2.19. The summed E-state index contributed by atoms with van der Waals surface area (Å²) >= 11 is 9.63. The number of fused-ring (bicyclic) bond motifs is 1. The number of isothiocyanates is 1. The standard InChI is InChI=1S/C10H7Cl.CHNS/c11-10-6-5-8-3-1-2-4-9(8)7-10;2-1-3/h1-7H;2H. The normalized spacial score (nSPS) is 8.64. The Morgan fingerprint density at radius 1 is 1.07 bits per heavy atom. The minimum atomic E-state index is 0.795. The molecule has 2 rings (SSSR count). The lowest BCUT2D eigenvalue weighted by molar-refractivity contribution is 1.61. The number of benzene rings is 2. The lowest BCUT2D eigenvalue weighted by atomic mass is 10.1. The number of hydrogen-bond donors (Lipinski definition) is 1. The first-order chi connectivity index (χ1) is 6.77. The largest absolute Gasteiger partial charge is 0.248 e. The summed E-state index contributed by atoms with van der Waals surface area (Å²) in [6, 6.07) is 14.1. The van der Waals surface area contributed by atoms with Crippen molar-refractivity contribution in [3.05, 3.63) is 47.5 Å². The van der Waals surface area contributed by atoms with Crippen LogP contribution in [0.1, 0.15) is 0 Å². The Balaban J connectivity index is 0.000000293. The molecule has 0 aromatic heterocycles. The third-order valence-corrected chi connectivity index (χ3v) is 1.95. The van der Waals surface area contributed by atoms with E-state index in [1.54, 1.807) is 5.16 Å². The van der Waals surface area contributed by atoms with Gasteiger partial charge in [-0.25, -0.2) is 5.41 Å². The molecule has 0 radical (unpaired) electrons. The zero-order valence-electron chi connectivity index (χ0n) is 7.33. The van der Waals surface area contributed by atoms with E-state index in [4.69, 9.17) is 17.0 Å². The van der Waals surface area contributed by atoms with Gasteiger partial charge in [0, 0.05) is 5.02 Å². The molecular weight excluding hydrogens is 214 g/mol. The van der Waals surface area contributed by atoms with Crippen molar-refractivity contribution >= 4 is 39.8 Å². The van der Waals surface area contributed by atoms with E-state index in [0.29, 0.717) is 0 Å². The molecule has 3 heteroatoms. The van der Waals surface area contributed by atoms with Crippen LogP contribution in [0.3, 0.4) is 0 Å². The lowest BCUT2D eigenvalue weighted by Crippen LogP contribution is -1.69. The van der Waals surface area contributed by atoms with Gasteiger partial charge in [0.1, 0.15) is 0 Å². The SMILES string of the molecule is Clc1ccc2ccccc2c1.N=C=S. The number of rotatable bonds is 0. The first kappa shape index (κ1) is 10.9. The van der Waals surface area contributed by atoms with Gasteiger partial charge < -0.3 is 0 Å². The summed E-state index contributed by atoms with van der Waals surface area (Å²) in [5.41, 5.74) is 0. The van der Waals surface area contributed by atoms with Crippen LogP contribution >= 0.6 is 23.8 Å². The zero-order chi connectivity index (χ0) is 10.4. The summed E-state index contributed by atoms with van der Waals surface area (Å²) < 4.78 is 0. The summed E-state index contributed by atoms with van der Waals surface area (Å²) in [6.07, 6.45) is 0. The van der Waals surface area contributed by atoms with Crippen molar-refractivity contribution in [2.75, 3.05) is 0 Å². The topological polar surface area (TPSA) is 23.9 Å². The van der Waals surface area contributed by atoms with Gasteiger partial charge in [0.15, 0.2) is 0 Å². The predicted molar refractivity (Wildman–Crippen MR) is 64.3 cm³/mol. The van der Waals surface area contributed by atoms with Crippen LogP contribution < -0.4 is 0 Å². The Bertz CT molecular complexity index is 462. The van der Waals surface area contributed by atoms with Crippen molar-refractivity contribution in [1.82, 2.24) is 0 Å². The Hall–Kier alpha value is -1.21. The van der Waals surface area contributed by atoms with Gasteiger partial charge in [-0.1, -0.05) is 41.9 Å². The fourth-order valence-electron chi connectivity index (χ4n) is 1.16. The highest BCUT2D eigenvalue weighted by atomic mass is 35.5. The van der Waals surface area contributed by atoms with Crippen molar-refractivity contribution in [2.45, 2.75) is 0 Å². The van der Waals surface area contributed by atoms with Crippen LogP contribution in [0.5, 0.6) is 0 Å². The monoisotopic (exact) mass is 221 g/mol. The van der Waals surface area contributed by atoms with Crippen molar-refractivity contribution < 1.29 is 0 Å². The summed E-state index contributed by atoms with van der Waals surface area (Å²) in [5.74, 6) is 0. The molecule has 2 aromatic rings. The molecule has 0 spiro atoms. The number of halogens is 1. The average molecular weight is 222 g/mol. The maximum atomic E-state index is 5.82. The van der Waals surface area contributed by atoms with Crippen LogP contribution in [0.25, 0.3) is 10.8 Å². The van der Waals surface area contributed by atoms with E-state index in [-0.39, 0.29) is 0 Å². The van der Waals surface area contributed by atoms with Crippen molar-refractivity contribution in [2.24, 2.45) is 0 Å². The predicted octanol–water partition coefficient (Wildman–Crippen LogP) is 4.16. The molecule has 0 atom stereocenters. The van der Waals surface area contributed by atoms with E-state index in [1.807, 2.05) is 30.3 Å². The van der Waals surface area contributed by atoms with Gasteiger partial charge in [0.05, 0.1) is 5.16 Å². The summed E-state index contributed by atoms with van der Waals surface area (Å²) in [4.78, 5) is 0. The van der Waals surface area contributed by atoms with Crippen molar-refractivity contribution in [3.63, 3.8) is 0 Å². The van der Waals surface area contributed by atoms with E-state index < -0.39 is 0 Å². The molecule has 0 saturated heterocycles. The Labute approximate surface area is 92.8 Å². The molecule has 0 fully saturated rings. The third-order valence-electron chi connectivity index (χ3n) is 1.71. The third kappa shape index (κ3) is 2.93. The van der Waals surface area contributed by atoms with Crippen LogP contribution in [0, 0.1) is 5.41 Å². The van der Waals surface area contributed by atoms with Gasteiger partial charge in [-0.05, 0) is 35.1 Å². The fraction of sp³-hybridized carbons (Fsp3) is 0. The number of nitrogens with one attached hydrogen (secondary N) is 1. The molecule has 2 aromatic carbocycles. The zero-order valence-corrected chi connectivity index (χ0v) is 8.90. The highest BCUT2D eigenvalue weighted by Gasteiger charge is 1.90. The van der Waals surface area contributed by atoms with Gasteiger partial charge in [0.2, 0.25) is 0 Å². The molecule has 0 bridgehead atoms. The molecular formula is C11H8ClNS. The van der Waals surface area contributed by atoms with E-state index in [2.05, 4.69) is 24.4 Å². The Kier molecular flexibility index (Phi) is 4.27. The smallest absolute Gasteiger partial charge is 0.0554 e. The summed E-state index contributed by atoms with van der Waals surface area (Å²) in [6.45, 7) is 0. The van der Waals surface area contributed by atoms with Crippen LogP contribution in [0.4, 0.5) is 0 Å². The maximum Gasteiger partial charge on any atom is 0.0554 e. The van der Waals surface area contributed by atoms with Gasteiger partial charge in [-0.2, -0.15) is 0 Å². The highest BCUT2D eigenvalue weighted by molar-refractivity contribution is 7.78. The minimum absolute atomic E-state index is 0.795. The molecule has 1 N–H and O–H groups in total. The maximum absolute atomic E-state index is 5.82. The second-order valence-corrected chi connectivity index (χ2v) is 3.23. The van der Waals surface area contributed by atoms with Crippen molar-refractivity contribution in [1.29, 1.82) is 5.41 Å². The molecule has 0 saturated carbocycles.